The molecule has 8 heteroatoms. The Balaban J connectivity index is 1.54. The molecule has 0 bridgehead atoms. The van der Waals surface area contributed by atoms with Crippen LogP contribution >= 0.6 is 11.3 Å². The molecule has 0 spiro atoms. The number of aromatic nitrogens is 1. The van der Waals surface area contributed by atoms with Crippen molar-refractivity contribution in [2.45, 2.75) is 20.0 Å². The van der Waals surface area contributed by atoms with Crippen LogP contribution in [0.5, 0.6) is 17.2 Å². The number of carbonyl (C=O) groups is 1. The highest BCUT2D eigenvalue weighted by atomic mass is 32.1. The van der Waals surface area contributed by atoms with E-state index in [4.69, 9.17) is 14.2 Å². The Morgan fingerprint density at radius 1 is 1.15 bits per heavy atom. The predicted molar refractivity (Wildman–Crippen MR) is 127 cm³/mol. The van der Waals surface area contributed by atoms with E-state index in [9.17, 15) is 10.1 Å². The van der Waals surface area contributed by atoms with Crippen molar-refractivity contribution in [3.05, 3.63) is 75.2 Å². The molecule has 7 nitrogen and oxygen atoms in total. The number of nitriles is 1. The predicted octanol–water partition coefficient (Wildman–Crippen LogP) is 4.31. The van der Waals surface area contributed by atoms with Gasteiger partial charge in [-0.1, -0.05) is 18.2 Å². The number of benzene rings is 2. The van der Waals surface area contributed by atoms with Crippen molar-refractivity contribution in [3.8, 4) is 23.3 Å². The van der Waals surface area contributed by atoms with E-state index in [0.29, 0.717) is 36.8 Å². The smallest absolute Gasteiger partial charge is 0.261 e. The molecule has 1 amide bonds. The summed E-state index contributed by atoms with van der Waals surface area (Å²) in [6.07, 6.45) is 2.15. The van der Waals surface area contributed by atoms with Crippen LogP contribution in [-0.4, -0.2) is 31.7 Å². The van der Waals surface area contributed by atoms with Gasteiger partial charge in [0.2, 0.25) is 0 Å². The van der Waals surface area contributed by atoms with Crippen molar-refractivity contribution in [1.29, 1.82) is 5.26 Å². The maximum Gasteiger partial charge on any atom is 0.261 e. The Bertz CT molecular complexity index is 1160. The average Bonchev–Trinajstić information content (AvgIpc) is 3.26. The first-order valence-corrected chi connectivity index (χ1v) is 11.1. The molecular formula is C25H25N3O4S. The fourth-order valence-corrected chi connectivity index (χ4v) is 3.66. The molecule has 0 radical (unpaired) electrons. The van der Waals surface area contributed by atoms with Crippen molar-refractivity contribution in [1.82, 2.24) is 10.3 Å². The van der Waals surface area contributed by atoms with Crippen LogP contribution in [0.3, 0.4) is 0 Å². The monoisotopic (exact) mass is 463 g/mol. The minimum atomic E-state index is -0.419. The molecule has 0 unspecified atom stereocenters. The Labute approximate surface area is 197 Å². The van der Waals surface area contributed by atoms with Crippen LogP contribution in [0, 0.1) is 18.3 Å². The van der Waals surface area contributed by atoms with Crippen molar-refractivity contribution in [2.24, 2.45) is 0 Å². The van der Waals surface area contributed by atoms with Gasteiger partial charge in [-0.05, 0) is 54.8 Å². The Kier molecular flexibility index (Phi) is 8.44. The third-order valence-electron chi connectivity index (χ3n) is 4.76. The van der Waals surface area contributed by atoms with E-state index in [0.717, 1.165) is 21.8 Å². The topological polar surface area (TPSA) is 93.5 Å². The van der Waals surface area contributed by atoms with E-state index in [1.165, 1.54) is 0 Å². The number of carbonyl (C=O) groups excluding carboxylic acids is 1. The Morgan fingerprint density at radius 3 is 2.55 bits per heavy atom. The molecule has 170 valence electrons. The summed E-state index contributed by atoms with van der Waals surface area (Å²) in [5.41, 5.74) is 2.64. The number of hydrogen-bond donors (Lipinski definition) is 1. The number of nitrogens with one attached hydrogen (secondary N) is 1. The lowest BCUT2D eigenvalue weighted by Crippen LogP contribution is -2.26. The zero-order valence-corrected chi connectivity index (χ0v) is 19.6. The zero-order chi connectivity index (χ0) is 23.6. The van der Waals surface area contributed by atoms with Crippen LogP contribution < -0.4 is 19.5 Å². The maximum atomic E-state index is 12.4. The van der Waals surface area contributed by atoms with E-state index < -0.39 is 5.91 Å². The van der Waals surface area contributed by atoms with Crippen LogP contribution in [0.4, 0.5) is 0 Å². The summed E-state index contributed by atoms with van der Waals surface area (Å²) in [5, 5.41) is 15.2. The van der Waals surface area contributed by atoms with Gasteiger partial charge in [-0.3, -0.25) is 4.79 Å². The number of nitrogens with zero attached hydrogens (tertiary/aromatic N) is 2. The number of methoxy groups -OCH3 is 2. The van der Waals surface area contributed by atoms with E-state index >= 15 is 0 Å². The molecule has 0 aliphatic rings. The number of ether oxygens (including phenoxy) is 3. The summed E-state index contributed by atoms with van der Waals surface area (Å²) in [4.78, 5) is 16.8. The zero-order valence-electron chi connectivity index (χ0n) is 18.8. The molecule has 0 saturated carbocycles. The number of thiazole rings is 1. The van der Waals surface area contributed by atoms with E-state index in [1.54, 1.807) is 55.9 Å². The van der Waals surface area contributed by atoms with Gasteiger partial charge in [0.15, 0.2) is 11.5 Å². The third kappa shape index (κ3) is 6.82. The van der Waals surface area contributed by atoms with Gasteiger partial charge >= 0.3 is 0 Å². The van der Waals surface area contributed by atoms with E-state index in [2.05, 4.69) is 10.3 Å². The van der Waals surface area contributed by atoms with Crippen molar-refractivity contribution < 1.29 is 19.0 Å². The van der Waals surface area contributed by atoms with Crippen molar-refractivity contribution >= 4 is 23.3 Å². The minimum absolute atomic E-state index is 0.0360. The molecule has 0 fully saturated rings. The lowest BCUT2D eigenvalue weighted by atomic mass is 10.1. The lowest BCUT2D eigenvalue weighted by molar-refractivity contribution is -0.117. The minimum Gasteiger partial charge on any atom is -0.493 e. The third-order valence-corrected chi connectivity index (χ3v) is 5.58. The Hall–Kier alpha value is -3.83. The number of hydrogen-bond acceptors (Lipinski definition) is 7. The Morgan fingerprint density at radius 2 is 1.91 bits per heavy atom. The first-order valence-electron chi connectivity index (χ1n) is 10.3. The van der Waals surface area contributed by atoms with Gasteiger partial charge in [0.1, 0.15) is 24.0 Å². The molecule has 0 atom stereocenters. The van der Waals surface area contributed by atoms with Gasteiger partial charge in [-0.15, -0.1) is 11.3 Å². The lowest BCUT2D eigenvalue weighted by Gasteiger charge is -2.10. The van der Waals surface area contributed by atoms with Crippen molar-refractivity contribution in [2.75, 3.05) is 20.8 Å². The quantitative estimate of drug-likeness (QED) is 0.356. The van der Waals surface area contributed by atoms with Crippen molar-refractivity contribution in [3.63, 3.8) is 0 Å². The fourth-order valence-electron chi connectivity index (χ4n) is 3.06. The number of rotatable bonds is 10. The summed E-state index contributed by atoms with van der Waals surface area (Å²) in [6.45, 7) is 2.73. The molecule has 0 aliphatic heterocycles. The van der Waals surface area contributed by atoms with Gasteiger partial charge in [-0.2, -0.15) is 5.26 Å². The highest BCUT2D eigenvalue weighted by Gasteiger charge is 2.10. The summed E-state index contributed by atoms with van der Waals surface area (Å²) in [6, 6.07) is 14.8. The van der Waals surface area contributed by atoms with Gasteiger partial charge in [0.25, 0.3) is 5.91 Å². The summed E-state index contributed by atoms with van der Waals surface area (Å²) >= 11 is 1.58. The average molecular weight is 464 g/mol. The molecule has 1 heterocycles. The summed E-state index contributed by atoms with van der Waals surface area (Å²) in [5.74, 6) is 1.55. The molecule has 1 N–H and O–H groups in total. The highest BCUT2D eigenvalue weighted by Crippen LogP contribution is 2.27. The summed E-state index contributed by atoms with van der Waals surface area (Å²) < 4.78 is 16.3. The molecule has 0 saturated heterocycles. The van der Waals surface area contributed by atoms with Gasteiger partial charge in [0, 0.05) is 11.9 Å². The van der Waals surface area contributed by atoms with Crippen LogP contribution in [0.15, 0.2) is 53.4 Å². The molecule has 3 aromatic rings. The molecule has 3 rings (SSSR count). The highest BCUT2D eigenvalue weighted by molar-refractivity contribution is 7.09. The van der Waals surface area contributed by atoms with Gasteiger partial charge < -0.3 is 19.5 Å². The van der Waals surface area contributed by atoms with Crippen LogP contribution in [0.1, 0.15) is 21.8 Å². The van der Waals surface area contributed by atoms with Gasteiger partial charge in [-0.25, -0.2) is 4.98 Å². The summed E-state index contributed by atoms with van der Waals surface area (Å²) in [7, 11) is 3.16. The fraction of sp³-hybridized carbons (Fsp3) is 0.240. The number of amides is 1. The van der Waals surface area contributed by atoms with E-state index in [1.807, 2.05) is 36.6 Å². The largest absolute Gasteiger partial charge is 0.493 e. The second-order valence-electron chi connectivity index (χ2n) is 7.08. The van der Waals surface area contributed by atoms with Crippen LogP contribution in [-0.2, 0) is 17.8 Å². The number of aryl methyl sites for hydroxylation is 1. The second kappa shape index (κ2) is 11.7. The first kappa shape index (κ1) is 23.8. The standard InChI is InChI=1S/C25H25N3O4S/c1-17-28-21(16-33-17)15-32-22-7-4-18(5-8-22)12-20(14-26)25(29)27-11-10-19-6-9-23(30-2)24(13-19)31-3/h4-9,12-13,16H,10-11,15H2,1-3H3,(H,27,29)/b20-12+. The van der Waals surface area contributed by atoms with Crippen LogP contribution in [0.2, 0.25) is 0 Å². The molecule has 0 aliphatic carbocycles. The first-order chi connectivity index (χ1) is 16.0. The molecule has 1 aromatic heterocycles. The molecule has 2 aromatic carbocycles. The van der Waals surface area contributed by atoms with E-state index in [-0.39, 0.29) is 5.57 Å². The normalized spacial score (nSPS) is 10.9. The maximum absolute atomic E-state index is 12.4. The molecular weight excluding hydrogens is 438 g/mol. The van der Waals surface area contributed by atoms with Crippen LogP contribution in [0.25, 0.3) is 6.08 Å². The second-order valence-corrected chi connectivity index (χ2v) is 8.14. The molecule has 33 heavy (non-hydrogen) atoms. The van der Waals surface area contributed by atoms with Gasteiger partial charge in [0.05, 0.1) is 24.9 Å². The SMILES string of the molecule is COc1ccc(CCNC(=O)/C(C#N)=C/c2ccc(OCc3csc(C)n3)cc2)cc1OC.